The van der Waals surface area contributed by atoms with E-state index in [4.69, 9.17) is 11.5 Å². The van der Waals surface area contributed by atoms with Crippen LogP contribution in [-0.2, 0) is 4.79 Å². The van der Waals surface area contributed by atoms with Crippen LogP contribution in [0.2, 0.25) is 0 Å². The van der Waals surface area contributed by atoms with Gasteiger partial charge < -0.3 is 11.5 Å². The molecule has 0 aromatic heterocycles. The minimum absolute atomic E-state index is 0.338. The topological polar surface area (TPSA) is 69.1 Å². The Balaban J connectivity index is 2.87. The van der Waals surface area contributed by atoms with Crippen molar-refractivity contribution in [1.82, 2.24) is 0 Å². The molecule has 1 aromatic rings. The molecule has 4 N–H and O–H groups in total. The third kappa shape index (κ3) is 3.51. The smallest absolute Gasteiger partial charge is 0.223 e. The number of halogens is 2. The predicted molar refractivity (Wildman–Crippen MR) is 68.6 cm³/mol. The molecule has 0 aliphatic carbocycles. The van der Waals surface area contributed by atoms with Crippen molar-refractivity contribution in [3.05, 3.63) is 34.1 Å². The standard InChI is InChI=1S/C12H16BrFN2O/c1-12(2,11(16)17)6-10(15)7-3-4-9(14)8(13)5-7/h3-5,10H,6,15H2,1-2H3,(H2,16,17). The highest BCUT2D eigenvalue weighted by molar-refractivity contribution is 9.10. The summed E-state index contributed by atoms with van der Waals surface area (Å²) in [4.78, 5) is 11.2. The second-order valence-corrected chi connectivity index (χ2v) is 5.59. The van der Waals surface area contributed by atoms with Gasteiger partial charge in [-0.15, -0.1) is 0 Å². The Kier molecular flexibility index (Phi) is 4.27. The molecular formula is C12H16BrFN2O. The molecule has 0 heterocycles. The maximum Gasteiger partial charge on any atom is 0.223 e. The Morgan fingerprint density at radius 2 is 2.12 bits per heavy atom. The van der Waals surface area contributed by atoms with Crippen LogP contribution >= 0.6 is 15.9 Å². The van der Waals surface area contributed by atoms with E-state index >= 15 is 0 Å². The number of amides is 1. The number of nitrogens with two attached hydrogens (primary N) is 2. The first-order valence-electron chi connectivity index (χ1n) is 5.24. The summed E-state index contributed by atoms with van der Waals surface area (Å²) in [6.45, 7) is 3.49. The van der Waals surface area contributed by atoms with Crippen LogP contribution in [0.1, 0.15) is 31.9 Å². The fraction of sp³-hybridized carbons (Fsp3) is 0.417. The maximum atomic E-state index is 13.1. The van der Waals surface area contributed by atoms with Crippen molar-refractivity contribution in [3.8, 4) is 0 Å². The predicted octanol–water partition coefficient (Wildman–Crippen LogP) is 2.49. The van der Waals surface area contributed by atoms with Gasteiger partial charge in [0.25, 0.3) is 0 Å². The van der Waals surface area contributed by atoms with Crippen LogP contribution in [0.3, 0.4) is 0 Å². The molecule has 0 spiro atoms. The SMILES string of the molecule is CC(C)(CC(N)c1ccc(F)c(Br)c1)C(N)=O. The first-order chi connectivity index (χ1) is 7.74. The van der Waals surface area contributed by atoms with Crippen molar-refractivity contribution in [1.29, 1.82) is 0 Å². The van der Waals surface area contributed by atoms with E-state index in [0.717, 1.165) is 5.56 Å². The van der Waals surface area contributed by atoms with Crippen LogP contribution < -0.4 is 11.5 Å². The zero-order valence-electron chi connectivity index (χ0n) is 9.84. The lowest BCUT2D eigenvalue weighted by Gasteiger charge is -2.24. The zero-order chi connectivity index (χ0) is 13.2. The minimum atomic E-state index is -0.680. The first kappa shape index (κ1) is 14.1. The highest BCUT2D eigenvalue weighted by Crippen LogP contribution is 2.29. The van der Waals surface area contributed by atoms with Gasteiger partial charge in [0.05, 0.1) is 4.47 Å². The van der Waals surface area contributed by atoms with E-state index in [1.807, 2.05) is 0 Å². The summed E-state index contributed by atoms with van der Waals surface area (Å²) in [7, 11) is 0. The molecule has 3 nitrogen and oxygen atoms in total. The molecule has 0 aliphatic rings. The quantitative estimate of drug-likeness (QED) is 0.897. The molecule has 1 amide bonds. The van der Waals surface area contributed by atoms with E-state index in [1.165, 1.54) is 6.07 Å². The van der Waals surface area contributed by atoms with E-state index in [2.05, 4.69) is 15.9 Å². The molecule has 1 unspecified atom stereocenters. The summed E-state index contributed by atoms with van der Waals surface area (Å²) >= 11 is 3.10. The summed E-state index contributed by atoms with van der Waals surface area (Å²) < 4.78 is 13.4. The molecule has 1 aromatic carbocycles. The summed E-state index contributed by atoms with van der Waals surface area (Å²) in [6.07, 6.45) is 0.417. The number of hydrogen-bond acceptors (Lipinski definition) is 2. The third-order valence-electron chi connectivity index (χ3n) is 2.77. The molecule has 0 saturated carbocycles. The van der Waals surface area contributed by atoms with Crippen molar-refractivity contribution < 1.29 is 9.18 Å². The monoisotopic (exact) mass is 302 g/mol. The Hall–Kier alpha value is -0.940. The van der Waals surface area contributed by atoms with E-state index in [1.54, 1.807) is 26.0 Å². The molecule has 0 fully saturated rings. The first-order valence-corrected chi connectivity index (χ1v) is 6.04. The summed E-state index contributed by atoms with van der Waals surface area (Å²) in [5, 5.41) is 0. The molecule has 5 heteroatoms. The maximum absolute atomic E-state index is 13.1. The van der Waals surface area contributed by atoms with E-state index < -0.39 is 11.3 Å². The molecule has 0 bridgehead atoms. The van der Waals surface area contributed by atoms with Gasteiger partial charge in [-0.3, -0.25) is 4.79 Å². The van der Waals surface area contributed by atoms with Gasteiger partial charge in [-0.05, 0) is 40.0 Å². The highest BCUT2D eigenvalue weighted by Gasteiger charge is 2.28. The highest BCUT2D eigenvalue weighted by atomic mass is 79.9. The molecular weight excluding hydrogens is 287 g/mol. The lowest BCUT2D eigenvalue weighted by atomic mass is 9.83. The lowest BCUT2D eigenvalue weighted by molar-refractivity contribution is -0.126. The van der Waals surface area contributed by atoms with Gasteiger partial charge in [0.15, 0.2) is 0 Å². The summed E-state index contributed by atoms with van der Waals surface area (Å²) in [5.41, 5.74) is 11.4. The van der Waals surface area contributed by atoms with Crippen LogP contribution in [0.25, 0.3) is 0 Å². The average molecular weight is 303 g/mol. The number of carbonyl (C=O) groups is 1. The van der Waals surface area contributed by atoms with Crippen molar-refractivity contribution in [2.45, 2.75) is 26.3 Å². The number of hydrogen-bond donors (Lipinski definition) is 2. The normalized spacial score (nSPS) is 13.5. The van der Waals surface area contributed by atoms with Crippen LogP contribution in [0, 0.1) is 11.2 Å². The largest absolute Gasteiger partial charge is 0.369 e. The molecule has 17 heavy (non-hydrogen) atoms. The summed E-state index contributed by atoms with van der Waals surface area (Å²) in [5.74, 6) is -0.732. The molecule has 0 radical (unpaired) electrons. The van der Waals surface area contributed by atoms with Gasteiger partial charge in [0.2, 0.25) is 5.91 Å². The van der Waals surface area contributed by atoms with Crippen LogP contribution in [0.15, 0.2) is 22.7 Å². The molecule has 0 saturated heterocycles. The van der Waals surface area contributed by atoms with Crippen molar-refractivity contribution in [2.24, 2.45) is 16.9 Å². The van der Waals surface area contributed by atoms with Gasteiger partial charge in [-0.1, -0.05) is 19.9 Å². The van der Waals surface area contributed by atoms with Gasteiger partial charge in [-0.25, -0.2) is 4.39 Å². The molecule has 0 aliphatic heterocycles. The zero-order valence-corrected chi connectivity index (χ0v) is 11.4. The summed E-state index contributed by atoms with van der Waals surface area (Å²) in [6, 6.07) is 4.23. The fourth-order valence-electron chi connectivity index (χ4n) is 1.51. The van der Waals surface area contributed by atoms with E-state index in [-0.39, 0.29) is 11.9 Å². The fourth-order valence-corrected chi connectivity index (χ4v) is 1.91. The van der Waals surface area contributed by atoms with Gasteiger partial charge in [0, 0.05) is 11.5 Å². The Morgan fingerprint density at radius 3 is 2.59 bits per heavy atom. The molecule has 1 atom stereocenters. The van der Waals surface area contributed by atoms with Gasteiger partial charge in [-0.2, -0.15) is 0 Å². The second kappa shape index (κ2) is 5.14. The van der Waals surface area contributed by atoms with Crippen molar-refractivity contribution >= 4 is 21.8 Å². The lowest BCUT2D eigenvalue weighted by Crippen LogP contribution is -2.34. The van der Waals surface area contributed by atoms with Crippen LogP contribution in [0.4, 0.5) is 4.39 Å². The molecule has 94 valence electrons. The van der Waals surface area contributed by atoms with Gasteiger partial charge in [0.1, 0.15) is 5.82 Å². The number of rotatable bonds is 4. The van der Waals surface area contributed by atoms with Crippen molar-refractivity contribution in [3.63, 3.8) is 0 Å². The van der Waals surface area contributed by atoms with Crippen molar-refractivity contribution in [2.75, 3.05) is 0 Å². The van der Waals surface area contributed by atoms with E-state index in [0.29, 0.717) is 10.9 Å². The molecule has 1 rings (SSSR count). The Bertz CT molecular complexity index is 435. The Labute approximate surface area is 108 Å². The van der Waals surface area contributed by atoms with Crippen LogP contribution in [-0.4, -0.2) is 5.91 Å². The Morgan fingerprint density at radius 1 is 1.53 bits per heavy atom. The second-order valence-electron chi connectivity index (χ2n) is 4.73. The number of carbonyl (C=O) groups excluding carboxylic acids is 1. The number of primary amides is 1. The van der Waals surface area contributed by atoms with E-state index in [9.17, 15) is 9.18 Å². The number of benzene rings is 1. The minimum Gasteiger partial charge on any atom is -0.369 e. The van der Waals surface area contributed by atoms with Gasteiger partial charge >= 0.3 is 0 Å². The third-order valence-corrected chi connectivity index (χ3v) is 3.38. The van der Waals surface area contributed by atoms with Crippen LogP contribution in [0.5, 0.6) is 0 Å². The average Bonchev–Trinajstić information content (AvgIpc) is 2.21.